The Hall–Kier alpha value is -1.74. The van der Waals surface area contributed by atoms with Crippen molar-refractivity contribution >= 4 is 14.3 Å². The lowest BCUT2D eigenvalue weighted by Crippen LogP contribution is -2.29. The summed E-state index contributed by atoms with van der Waals surface area (Å²) >= 11 is 0. The molecule has 1 atom stereocenters. The molecule has 0 saturated heterocycles. The molecule has 0 amide bonds. The van der Waals surface area contributed by atoms with Crippen molar-refractivity contribution in [1.29, 1.82) is 0 Å². The van der Waals surface area contributed by atoms with Gasteiger partial charge in [-0.3, -0.25) is 9.98 Å². The van der Waals surface area contributed by atoms with E-state index in [4.69, 9.17) is 4.99 Å². The van der Waals surface area contributed by atoms with Gasteiger partial charge in [0.25, 0.3) is 0 Å². The normalized spacial score (nSPS) is 13.6. The predicted molar refractivity (Wildman–Crippen MR) is 84.4 cm³/mol. The molecule has 0 aliphatic heterocycles. The first-order valence-corrected chi connectivity index (χ1v) is 10.1. The Morgan fingerprint density at radius 2 is 1.68 bits per heavy atom. The molecule has 0 spiro atoms. The van der Waals surface area contributed by atoms with Gasteiger partial charge < -0.3 is 0 Å². The molecular weight excluding hydrogens is 248 g/mol. The summed E-state index contributed by atoms with van der Waals surface area (Å²) in [5, 5.41) is 0. The van der Waals surface area contributed by atoms with Gasteiger partial charge in [-0.15, -0.1) is 0 Å². The number of benzene rings is 1. The van der Waals surface area contributed by atoms with Gasteiger partial charge in [-0.05, 0) is 17.7 Å². The maximum atomic E-state index is 4.81. The van der Waals surface area contributed by atoms with Crippen LogP contribution in [-0.4, -0.2) is 19.3 Å². The molecule has 2 rings (SSSR count). The summed E-state index contributed by atoms with van der Waals surface area (Å²) in [4.78, 5) is 9.10. The molecule has 1 aromatic heterocycles. The lowest BCUT2D eigenvalue weighted by atomic mass is 10.2. The van der Waals surface area contributed by atoms with E-state index < -0.39 is 8.07 Å². The average Bonchev–Trinajstić information content (AvgIpc) is 2.40. The number of aliphatic imine (C=N–C) groups is 1. The molecule has 19 heavy (non-hydrogen) atoms. The van der Waals surface area contributed by atoms with Crippen LogP contribution < -0.4 is 0 Å². The Morgan fingerprint density at radius 1 is 1.00 bits per heavy atom. The van der Waals surface area contributed by atoms with E-state index in [1.807, 2.05) is 30.5 Å². The van der Waals surface area contributed by atoms with Crippen molar-refractivity contribution in [1.82, 2.24) is 4.98 Å². The highest BCUT2D eigenvalue weighted by Gasteiger charge is 2.27. The zero-order chi connectivity index (χ0) is 13.7. The summed E-state index contributed by atoms with van der Waals surface area (Å²) in [5.41, 5.74) is 2.49. The standard InChI is InChI=1S/C16H20N2Si/c1-19(2,3)16(14-9-5-4-6-10-14)18-13-15-11-7-8-12-17-15/h4-13,16H,1-3H3. The van der Waals surface area contributed by atoms with Gasteiger partial charge in [-0.2, -0.15) is 0 Å². The average molecular weight is 268 g/mol. The summed E-state index contributed by atoms with van der Waals surface area (Å²) in [6.45, 7) is 7.04. The third-order valence-electron chi connectivity index (χ3n) is 2.98. The maximum Gasteiger partial charge on any atom is 0.0807 e. The zero-order valence-corrected chi connectivity index (χ0v) is 12.7. The van der Waals surface area contributed by atoms with Gasteiger partial charge in [0.15, 0.2) is 0 Å². The Kier molecular flexibility index (Phi) is 4.27. The van der Waals surface area contributed by atoms with E-state index in [0.29, 0.717) is 0 Å². The molecule has 0 aliphatic carbocycles. The fourth-order valence-corrected chi connectivity index (χ4v) is 3.76. The zero-order valence-electron chi connectivity index (χ0n) is 11.7. The third-order valence-corrected chi connectivity index (χ3v) is 5.10. The summed E-state index contributed by atoms with van der Waals surface area (Å²) in [7, 11) is -1.41. The fraction of sp³-hybridized carbons (Fsp3) is 0.250. The van der Waals surface area contributed by atoms with Gasteiger partial charge in [0, 0.05) is 12.4 Å². The first kappa shape index (κ1) is 13.7. The number of nitrogens with zero attached hydrogens (tertiary/aromatic N) is 2. The molecule has 0 fully saturated rings. The molecule has 1 aromatic carbocycles. The predicted octanol–water partition coefficient (Wildman–Crippen LogP) is 4.12. The SMILES string of the molecule is C[Si](C)(C)C(N=Cc1ccccn1)c1ccccc1. The second-order valence-electron chi connectivity index (χ2n) is 5.71. The van der Waals surface area contributed by atoms with E-state index in [1.54, 1.807) is 6.20 Å². The van der Waals surface area contributed by atoms with Crippen LogP contribution in [0.1, 0.15) is 16.9 Å². The quantitative estimate of drug-likeness (QED) is 0.605. The Morgan fingerprint density at radius 3 is 2.26 bits per heavy atom. The van der Waals surface area contributed by atoms with Gasteiger partial charge >= 0.3 is 0 Å². The van der Waals surface area contributed by atoms with E-state index in [-0.39, 0.29) is 5.67 Å². The molecule has 98 valence electrons. The minimum atomic E-state index is -1.41. The molecule has 0 saturated carbocycles. The topological polar surface area (TPSA) is 25.2 Å². The summed E-state index contributed by atoms with van der Waals surface area (Å²) in [5.74, 6) is 0. The lowest BCUT2D eigenvalue weighted by Gasteiger charge is -2.25. The molecule has 0 N–H and O–H groups in total. The molecule has 0 bridgehead atoms. The second-order valence-corrected chi connectivity index (χ2v) is 11.0. The van der Waals surface area contributed by atoms with Gasteiger partial charge in [0.1, 0.15) is 0 Å². The largest absolute Gasteiger partial charge is 0.286 e. The van der Waals surface area contributed by atoms with Crippen LogP contribution in [0.5, 0.6) is 0 Å². The molecule has 3 heteroatoms. The van der Waals surface area contributed by atoms with E-state index in [0.717, 1.165) is 5.69 Å². The van der Waals surface area contributed by atoms with Crippen molar-refractivity contribution in [2.24, 2.45) is 4.99 Å². The molecule has 0 aliphatic rings. The first-order valence-electron chi connectivity index (χ1n) is 6.56. The second kappa shape index (κ2) is 5.93. The monoisotopic (exact) mass is 268 g/mol. The number of rotatable bonds is 4. The molecule has 2 aromatic rings. The van der Waals surface area contributed by atoms with E-state index in [1.165, 1.54) is 5.56 Å². The summed E-state index contributed by atoms with van der Waals surface area (Å²) in [6.07, 6.45) is 3.70. The summed E-state index contributed by atoms with van der Waals surface area (Å²) in [6, 6.07) is 16.4. The van der Waals surface area contributed by atoms with Gasteiger partial charge in [0.2, 0.25) is 0 Å². The van der Waals surface area contributed by atoms with Gasteiger partial charge in [-0.25, -0.2) is 0 Å². The summed E-state index contributed by atoms with van der Waals surface area (Å²) < 4.78 is 0. The number of hydrogen-bond acceptors (Lipinski definition) is 2. The van der Waals surface area contributed by atoms with Crippen LogP contribution in [-0.2, 0) is 0 Å². The minimum absolute atomic E-state index is 0.274. The van der Waals surface area contributed by atoms with E-state index >= 15 is 0 Å². The van der Waals surface area contributed by atoms with Crippen LogP contribution in [0.3, 0.4) is 0 Å². The molecular formula is C16H20N2Si. The highest BCUT2D eigenvalue weighted by molar-refractivity contribution is 6.77. The Labute approximate surface area is 116 Å². The number of aromatic nitrogens is 1. The van der Waals surface area contributed by atoms with Crippen molar-refractivity contribution in [2.75, 3.05) is 0 Å². The molecule has 2 nitrogen and oxygen atoms in total. The molecule has 1 heterocycles. The fourth-order valence-electron chi connectivity index (χ4n) is 2.05. The van der Waals surface area contributed by atoms with Crippen LogP contribution in [0.4, 0.5) is 0 Å². The van der Waals surface area contributed by atoms with E-state index in [2.05, 4.69) is 48.9 Å². The third kappa shape index (κ3) is 3.86. The lowest BCUT2D eigenvalue weighted by molar-refractivity contribution is 0.965. The van der Waals surface area contributed by atoms with E-state index in [9.17, 15) is 0 Å². The smallest absolute Gasteiger partial charge is 0.0807 e. The van der Waals surface area contributed by atoms with Gasteiger partial charge in [0.05, 0.1) is 19.4 Å². The maximum absolute atomic E-state index is 4.81. The van der Waals surface area contributed by atoms with Crippen molar-refractivity contribution in [2.45, 2.75) is 25.3 Å². The van der Waals surface area contributed by atoms with Crippen LogP contribution in [0.25, 0.3) is 0 Å². The van der Waals surface area contributed by atoms with Crippen LogP contribution >= 0.6 is 0 Å². The number of hydrogen-bond donors (Lipinski definition) is 0. The van der Waals surface area contributed by atoms with Crippen molar-refractivity contribution < 1.29 is 0 Å². The van der Waals surface area contributed by atoms with Crippen molar-refractivity contribution in [3.05, 3.63) is 66.0 Å². The number of pyridine rings is 1. The molecule has 1 unspecified atom stereocenters. The van der Waals surface area contributed by atoms with Crippen molar-refractivity contribution in [3.8, 4) is 0 Å². The highest BCUT2D eigenvalue weighted by atomic mass is 28.3. The van der Waals surface area contributed by atoms with Crippen LogP contribution in [0.15, 0.2) is 59.7 Å². The minimum Gasteiger partial charge on any atom is -0.286 e. The highest BCUT2D eigenvalue weighted by Crippen LogP contribution is 2.28. The van der Waals surface area contributed by atoms with Crippen LogP contribution in [0.2, 0.25) is 19.6 Å². The Balaban J connectivity index is 2.28. The van der Waals surface area contributed by atoms with Gasteiger partial charge in [-0.1, -0.05) is 56.0 Å². The first-order chi connectivity index (χ1) is 9.07. The Bertz CT molecular complexity index is 530. The van der Waals surface area contributed by atoms with Crippen molar-refractivity contribution in [3.63, 3.8) is 0 Å². The molecule has 0 radical (unpaired) electrons. The van der Waals surface area contributed by atoms with Crippen LogP contribution in [0, 0.1) is 0 Å².